The van der Waals surface area contributed by atoms with E-state index in [1.165, 1.54) is 38.5 Å². The zero-order valence-electron chi connectivity index (χ0n) is 11.8. The van der Waals surface area contributed by atoms with Crippen molar-refractivity contribution in [2.45, 2.75) is 58.0 Å². The fourth-order valence-electron chi connectivity index (χ4n) is 2.72. The molecule has 0 aromatic heterocycles. The molecule has 0 amide bonds. The zero-order chi connectivity index (χ0) is 13.5. The average molecular weight is 263 g/mol. The Labute approximate surface area is 116 Å². The van der Waals surface area contributed by atoms with Gasteiger partial charge in [-0.2, -0.15) is 0 Å². The lowest BCUT2D eigenvalue weighted by molar-refractivity contribution is 0.315. The summed E-state index contributed by atoms with van der Waals surface area (Å²) in [5, 5.41) is 13.7. The van der Waals surface area contributed by atoms with Gasteiger partial charge in [0.25, 0.3) is 0 Å². The van der Waals surface area contributed by atoms with Crippen molar-refractivity contribution in [3.05, 3.63) is 23.8 Å². The van der Waals surface area contributed by atoms with Crippen LogP contribution in [0.1, 0.15) is 51.0 Å². The van der Waals surface area contributed by atoms with Crippen LogP contribution in [0.25, 0.3) is 0 Å². The molecule has 0 saturated heterocycles. The van der Waals surface area contributed by atoms with E-state index in [2.05, 4.69) is 5.32 Å². The molecular formula is C16H25NO2. The van der Waals surface area contributed by atoms with Crippen molar-refractivity contribution in [1.82, 2.24) is 5.32 Å². The zero-order valence-corrected chi connectivity index (χ0v) is 11.8. The molecule has 0 heterocycles. The molecule has 0 spiro atoms. The molecule has 2 N–H and O–H groups in total. The number of phenolic OH excluding ortho intramolecular Hbond substituents is 1. The first-order chi connectivity index (χ1) is 9.31. The molecule has 2 rings (SSSR count). The number of hydrogen-bond acceptors (Lipinski definition) is 3. The second-order valence-electron chi connectivity index (χ2n) is 5.27. The topological polar surface area (TPSA) is 41.5 Å². The van der Waals surface area contributed by atoms with E-state index in [9.17, 15) is 5.11 Å². The van der Waals surface area contributed by atoms with Crippen LogP contribution >= 0.6 is 0 Å². The fourth-order valence-corrected chi connectivity index (χ4v) is 2.72. The maximum Gasteiger partial charge on any atom is 0.162 e. The third-order valence-corrected chi connectivity index (χ3v) is 3.82. The monoisotopic (exact) mass is 263 g/mol. The Morgan fingerprint density at radius 2 is 1.95 bits per heavy atom. The summed E-state index contributed by atoms with van der Waals surface area (Å²) in [5.74, 6) is 0.869. The van der Waals surface area contributed by atoms with Crippen LogP contribution in [0.3, 0.4) is 0 Å². The van der Waals surface area contributed by atoms with Crippen molar-refractivity contribution >= 4 is 0 Å². The van der Waals surface area contributed by atoms with Gasteiger partial charge < -0.3 is 15.2 Å². The molecule has 0 aliphatic heterocycles. The molecule has 1 aliphatic carbocycles. The van der Waals surface area contributed by atoms with Gasteiger partial charge in [-0.25, -0.2) is 0 Å². The molecule has 1 aromatic carbocycles. The number of hydrogen-bond donors (Lipinski definition) is 2. The van der Waals surface area contributed by atoms with Gasteiger partial charge in [-0.3, -0.25) is 0 Å². The first-order valence-corrected chi connectivity index (χ1v) is 7.48. The second kappa shape index (κ2) is 7.39. The average Bonchev–Trinajstić information content (AvgIpc) is 2.69. The summed E-state index contributed by atoms with van der Waals surface area (Å²) in [5.41, 5.74) is 0.926. The Morgan fingerprint density at radius 1 is 1.21 bits per heavy atom. The van der Waals surface area contributed by atoms with E-state index in [4.69, 9.17) is 4.74 Å². The van der Waals surface area contributed by atoms with E-state index in [-0.39, 0.29) is 5.75 Å². The Kier molecular flexibility index (Phi) is 5.52. The highest BCUT2D eigenvalue weighted by Gasteiger charge is 2.13. The van der Waals surface area contributed by atoms with Crippen LogP contribution in [0.5, 0.6) is 11.5 Å². The minimum atomic E-state index is 0.283. The molecule has 0 unspecified atom stereocenters. The maximum absolute atomic E-state index is 10.1. The molecule has 1 aromatic rings. The largest absolute Gasteiger partial charge is 0.504 e. The number of rotatable bonds is 5. The van der Waals surface area contributed by atoms with E-state index < -0.39 is 0 Å². The van der Waals surface area contributed by atoms with Crippen molar-refractivity contribution < 1.29 is 9.84 Å². The van der Waals surface area contributed by atoms with Gasteiger partial charge in [0.2, 0.25) is 0 Å². The molecule has 0 bridgehead atoms. The van der Waals surface area contributed by atoms with Gasteiger partial charge in [0.1, 0.15) is 0 Å². The summed E-state index contributed by atoms with van der Waals surface area (Å²) in [6.07, 6.45) is 7.88. The lowest BCUT2D eigenvalue weighted by Gasteiger charge is -2.17. The predicted molar refractivity (Wildman–Crippen MR) is 77.6 cm³/mol. The van der Waals surface area contributed by atoms with Crippen LogP contribution in [0.15, 0.2) is 18.2 Å². The van der Waals surface area contributed by atoms with Gasteiger partial charge in [0, 0.05) is 18.2 Å². The van der Waals surface area contributed by atoms with Gasteiger partial charge in [0.05, 0.1) is 6.61 Å². The minimum absolute atomic E-state index is 0.283. The molecule has 1 fully saturated rings. The third-order valence-electron chi connectivity index (χ3n) is 3.82. The normalized spacial score (nSPS) is 17.1. The smallest absolute Gasteiger partial charge is 0.162 e. The van der Waals surface area contributed by atoms with Crippen LogP contribution in [0.2, 0.25) is 0 Å². The molecule has 0 atom stereocenters. The van der Waals surface area contributed by atoms with Crippen molar-refractivity contribution in [1.29, 1.82) is 0 Å². The maximum atomic E-state index is 10.1. The molecule has 3 heteroatoms. The first-order valence-electron chi connectivity index (χ1n) is 7.48. The van der Waals surface area contributed by atoms with E-state index in [0.29, 0.717) is 18.4 Å². The Hall–Kier alpha value is -1.22. The number of para-hydroxylation sites is 1. The van der Waals surface area contributed by atoms with Crippen molar-refractivity contribution in [2.24, 2.45) is 0 Å². The van der Waals surface area contributed by atoms with E-state index in [0.717, 1.165) is 12.1 Å². The summed E-state index contributed by atoms with van der Waals surface area (Å²) < 4.78 is 5.41. The predicted octanol–water partition coefficient (Wildman–Crippen LogP) is 3.60. The summed E-state index contributed by atoms with van der Waals surface area (Å²) in [4.78, 5) is 0. The van der Waals surface area contributed by atoms with Crippen LogP contribution < -0.4 is 10.1 Å². The number of nitrogens with one attached hydrogen (secondary N) is 1. The van der Waals surface area contributed by atoms with E-state index >= 15 is 0 Å². The molecule has 1 saturated carbocycles. The standard InChI is InChI=1S/C16H25NO2/c1-2-19-15-11-7-8-13(16(15)18)12-17-14-9-5-3-4-6-10-14/h7-8,11,14,17-18H,2-6,9-10,12H2,1H3. The third kappa shape index (κ3) is 4.13. The number of aromatic hydroxyl groups is 1. The highest BCUT2D eigenvalue weighted by atomic mass is 16.5. The molecule has 0 radical (unpaired) electrons. The first kappa shape index (κ1) is 14.2. The molecular weight excluding hydrogens is 238 g/mol. The van der Waals surface area contributed by atoms with Crippen LogP contribution in [-0.4, -0.2) is 17.8 Å². The van der Waals surface area contributed by atoms with Gasteiger partial charge in [0.15, 0.2) is 11.5 Å². The van der Waals surface area contributed by atoms with Gasteiger partial charge in [-0.15, -0.1) is 0 Å². The fraction of sp³-hybridized carbons (Fsp3) is 0.625. The van der Waals surface area contributed by atoms with Crippen molar-refractivity contribution in [3.63, 3.8) is 0 Å². The quantitative estimate of drug-likeness (QED) is 0.797. The van der Waals surface area contributed by atoms with Crippen molar-refractivity contribution in [2.75, 3.05) is 6.61 Å². The SMILES string of the molecule is CCOc1cccc(CNC2CCCCCC2)c1O. The Bertz CT molecular complexity index is 384. The lowest BCUT2D eigenvalue weighted by atomic mass is 10.1. The van der Waals surface area contributed by atoms with Gasteiger partial charge in [-0.05, 0) is 25.8 Å². The number of phenols is 1. The molecule has 1 aliphatic rings. The van der Waals surface area contributed by atoms with E-state index in [1.807, 2.05) is 25.1 Å². The number of benzene rings is 1. The summed E-state index contributed by atoms with van der Waals surface area (Å²) in [7, 11) is 0. The molecule has 3 nitrogen and oxygen atoms in total. The van der Waals surface area contributed by atoms with Gasteiger partial charge in [-0.1, -0.05) is 37.8 Å². The summed E-state index contributed by atoms with van der Waals surface area (Å²) in [6.45, 7) is 3.22. The molecule has 106 valence electrons. The van der Waals surface area contributed by atoms with Crippen LogP contribution in [0.4, 0.5) is 0 Å². The van der Waals surface area contributed by atoms with Crippen molar-refractivity contribution in [3.8, 4) is 11.5 Å². The highest BCUT2D eigenvalue weighted by Crippen LogP contribution is 2.30. The van der Waals surface area contributed by atoms with E-state index in [1.54, 1.807) is 0 Å². The minimum Gasteiger partial charge on any atom is -0.504 e. The Morgan fingerprint density at radius 3 is 2.63 bits per heavy atom. The summed E-state index contributed by atoms with van der Waals surface area (Å²) in [6, 6.07) is 6.31. The molecule has 19 heavy (non-hydrogen) atoms. The van der Waals surface area contributed by atoms with Crippen LogP contribution in [0, 0.1) is 0 Å². The lowest BCUT2D eigenvalue weighted by Crippen LogP contribution is -2.27. The number of ether oxygens (including phenoxy) is 1. The summed E-state index contributed by atoms with van der Waals surface area (Å²) >= 11 is 0. The second-order valence-corrected chi connectivity index (χ2v) is 5.27. The van der Waals surface area contributed by atoms with Gasteiger partial charge >= 0.3 is 0 Å². The van der Waals surface area contributed by atoms with Crippen LogP contribution in [-0.2, 0) is 6.54 Å². The highest BCUT2D eigenvalue weighted by molar-refractivity contribution is 5.45. The Balaban J connectivity index is 1.93.